The van der Waals surface area contributed by atoms with Gasteiger partial charge in [-0.15, -0.1) is 0 Å². The van der Waals surface area contributed by atoms with Crippen molar-refractivity contribution in [3.05, 3.63) is 35.9 Å². The van der Waals surface area contributed by atoms with Crippen molar-refractivity contribution >= 4 is 0 Å². The van der Waals surface area contributed by atoms with Gasteiger partial charge in [0.1, 0.15) is 11.5 Å². The van der Waals surface area contributed by atoms with Gasteiger partial charge in [-0.2, -0.15) is 0 Å². The summed E-state index contributed by atoms with van der Waals surface area (Å²) in [7, 11) is 1.65. The van der Waals surface area contributed by atoms with E-state index in [9.17, 15) is 5.11 Å². The van der Waals surface area contributed by atoms with Gasteiger partial charge in [0.15, 0.2) is 6.29 Å². The van der Waals surface area contributed by atoms with Crippen molar-refractivity contribution in [2.45, 2.75) is 45.0 Å². The van der Waals surface area contributed by atoms with Crippen LogP contribution in [0.1, 0.15) is 33.1 Å². The van der Waals surface area contributed by atoms with Crippen molar-refractivity contribution in [1.82, 2.24) is 0 Å². The fraction of sp³-hybridized carbons (Fsp3) is 0.579. The Bertz CT molecular complexity index is 525. The van der Waals surface area contributed by atoms with E-state index in [4.69, 9.17) is 18.9 Å². The van der Waals surface area contributed by atoms with Crippen LogP contribution in [-0.2, 0) is 9.47 Å². The molecule has 1 heterocycles. The van der Waals surface area contributed by atoms with E-state index in [0.717, 1.165) is 30.8 Å². The minimum absolute atomic E-state index is 0.0176. The first-order valence-corrected chi connectivity index (χ1v) is 8.45. The second-order valence-corrected chi connectivity index (χ2v) is 6.18. The molecular weight excluding hydrogens is 308 g/mol. The Morgan fingerprint density at radius 2 is 1.96 bits per heavy atom. The highest BCUT2D eigenvalue weighted by Gasteiger charge is 2.33. The van der Waals surface area contributed by atoms with E-state index in [-0.39, 0.29) is 12.9 Å². The molecule has 1 aliphatic heterocycles. The number of hydrogen-bond donors (Lipinski definition) is 1. The number of aliphatic hydroxyl groups excluding tert-OH is 1. The zero-order chi connectivity index (χ0) is 17.4. The summed E-state index contributed by atoms with van der Waals surface area (Å²) in [5, 5.41) is 9.57. The predicted octanol–water partition coefficient (Wildman–Crippen LogP) is 3.31. The van der Waals surface area contributed by atoms with Gasteiger partial charge in [0.25, 0.3) is 0 Å². The molecule has 5 heteroatoms. The maximum atomic E-state index is 9.57. The Kier molecular flexibility index (Phi) is 7.09. The normalized spacial score (nSPS) is 23.7. The molecule has 0 aliphatic carbocycles. The molecule has 2 atom stereocenters. The molecule has 1 N–H and O–H groups in total. The molecule has 0 unspecified atom stereocenters. The van der Waals surface area contributed by atoms with Gasteiger partial charge in [-0.1, -0.05) is 5.57 Å². The zero-order valence-corrected chi connectivity index (χ0v) is 14.8. The summed E-state index contributed by atoms with van der Waals surface area (Å²) in [6.07, 6.45) is 4.17. The number of methoxy groups -OCH3 is 1. The highest BCUT2D eigenvalue weighted by Crippen LogP contribution is 2.31. The molecule has 0 saturated carbocycles. The Hall–Kier alpha value is -1.56. The van der Waals surface area contributed by atoms with E-state index in [0.29, 0.717) is 13.2 Å². The number of rotatable bonds is 9. The van der Waals surface area contributed by atoms with E-state index in [2.05, 4.69) is 0 Å². The molecule has 1 aromatic carbocycles. The maximum absolute atomic E-state index is 9.57. The Labute approximate surface area is 144 Å². The maximum Gasteiger partial charge on any atom is 0.177 e. The summed E-state index contributed by atoms with van der Waals surface area (Å²) >= 11 is 0. The minimum atomic E-state index is -0.569. The van der Waals surface area contributed by atoms with Gasteiger partial charge in [-0.25, -0.2) is 0 Å². The molecule has 0 aromatic heterocycles. The first kappa shape index (κ1) is 18.8. The van der Waals surface area contributed by atoms with Crippen molar-refractivity contribution in [3.8, 4) is 11.5 Å². The van der Waals surface area contributed by atoms with E-state index in [1.165, 1.54) is 5.57 Å². The fourth-order valence-electron chi connectivity index (χ4n) is 2.76. The summed E-state index contributed by atoms with van der Waals surface area (Å²) < 4.78 is 22.2. The Morgan fingerprint density at radius 3 is 2.58 bits per heavy atom. The second kappa shape index (κ2) is 9.06. The van der Waals surface area contributed by atoms with Crippen molar-refractivity contribution in [3.63, 3.8) is 0 Å². The van der Waals surface area contributed by atoms with Gasteiger partial charge in [0.05, 0.1) is 25.9 Å². The molecule has 1 aliphatic rings. The second-order valence-electron chi connectivity index (χ2n) is 6.18. The van der Waals surface area contributed by atoms with Crippen molar-refractivity contribution in [2.75, 3.05) is 26.9 Å². The van der Waals surface area contributed by atoms with Gasteiger partial charge in [0, 0.05) is 6.61 Å². The van der Waals surface area contributed by atoms with Crippen LogP contribution in [0.15, 0.2) is 35.9 Å². The predicted molar refractivity (Wildman–Crippen MR) is 92.4 cm³/mol. The summed E-state index contributed by atoms with van der Waals surface area (Å²) in [4.78, 5) is 0. The van der Waals surface area contributed by atoms with Crippen LogP contribution in [0, 0.1) is 0 Å². The molecule has 0 radical (unpaired) electrons. The molecule has 134 valence electrons. The first-order chi connectivity index (χ1) is 11.6. The lowest BCUT2D eigenvalue weighted by atomic mass is 9.91. The number of hydrogen-bond acceptors (Lipinski definition) is 5. The topological polar surface area (TPSA) is 57.2 Å². The van der Waals surface area contributed by atoms with Crippen LogP contribution in [0.5, 0.6) is 11.5 Å². The highest BCUT2D eigenvalue weighted by atomic mass is 16.7. The molecule has 0 amide bonds. The quantitative estimate of drug-likeness (QED) is 0.554. The van der Waals surface area contributed by atoms with Crippen LogP contribution in [0.3, 0.4) is 0 Å². The van der Waals surface area contributed by atoms with E-state index in [1.54, 1.807) is 7.11 Å². The average Bonchev–Trinajstić information content (AvgIpc) is 2.59. The lowest BCUT2D eigenvalue weighted by molar-refractivity contribution is -0.198. The standard InChI is InChI=1S/C19H28O5/c1-4-22-18-12-15(13-19(2,14-20)24-18)6-5-11-23-17-9-7-16(21-3)8-10-17/h7-10,12,18,20H,4-6,11,13-14H2,1-3H3/t18-,19-/m1/s1. The van der Waals surface area contributed by atoms with Gasteiger partial charge in [-0.3, -0.25) is 0 Å². The monoisotopic (exact) mass is 336 g/mol. The lowest BCUT2D eigenvalue weighted by Gasteiger charge is -2.36. The molecule has 0 saturated heterocycles. The zero-order valence-electron chi connectivity index (χ0n) is 14.8. The number of ether oxygens (including phenoxy) is 4. The van der Waals surface area contributed by atoms with Crippen molar-refractivity contribution in [2.24, 2.45) is 0 Å². The van der Waals surface area contributed by atoms with Crippen LogP contribution in [0.4, 0.5) is 0 Å². The third kappa shape index (κ3) is 5.51. The van der Waals surface area contributed by atoms with Gasteiger partial charge in [-0.05, 0) is 63.5 Å². The number of benzene rings is 1. The first-order valence-electron chi connectivity index (χ1n) is 8.45. The summed E-state index contributed by atoms with van der Waals surface area (Å²) in [6.45, 7) is 5.05. The van der Waals surface area contributed by atoms with E-state index >= 15 is 0 Å². The van der Waals surface area contributed by atoms with Crippen LogP contribution in [0.2, 0.25) is 0 Å². The SMILES string of the molecule is CCO[C@H]1C=C(CCCOc2ccc(OC)cc2)C[C@](C)(CO)O1. The molecule has 24 heavy (non-hydrogen) atoms. The molecular formula is C19H28O5. The Balaban J connectivity index is 1.81. The Morgan fingerprint density at radius 1 is 1.25 bits per heavy atom. The summed E-state index contributed by atoms with van der Waals surface area (Å²) in [6, 6.07) is 7.58. The fourth-order valence-corrected chi connectivity index (χ4v) is 2.76. The molecule has 5 nitrogen and oxygen atoms in total. The lowest BCUT2D eigenvalue weighted by Crippen LogP contribution is -2.41. The molecule has 0 bridgehead atoms. The summed E-state index contributed by atoms with van der Waals surface area (Å²) in [5.41, 5.74) is 0.676. The van der Waals surface area contributed by atoms with Gasteiger partial charge < -0.3 is 24.1 Å². The van der Waals surface area contributed by atoms with Crippen LogP contribution in [0.25, 0.3) is 0 Å². The molecule has 0 spiro atoms. The third-order valence-electron chi connectivity index (χ3n) is 4.01. The largest absolute Gasteiger partial charge is 0.497 e. The average molecular weight is 336 g/mol. The third-order valence-corrected chi connectivity index (χ3v) is 4.01. The highest BCUT2D eigenvalue weighted by molar-refractivity contribution is 5.31. The van der Waals surface area contributed by atoms with Gasteiger partial charge in [0.2, 0.25) is 0 Å². The molecule has 2 rings (SSSR count). The van der Waals surface area contributed by atoms with Crippen LogP contribution >= 0.6 is 0 Å². The summed E-state index contributed by atoms with van der Waals surface area (Å²) in [5.74, 6) is 1.66. The van der Waals surface area contributed by atoms with Crippen molar-refractivity contribution in [1.29, 1.82) is 0 Å². The van der Waals surface area contributed by atoms with E-state index in [1.807, 2.05) is 44.2 Å². The van der Waals surface area contributed by atoms with E-state index < -0.39 is 5.60 Å². The van der Waals surface area contributed by atoms with Crippen molar-refractivity contribution < 1.29 is 24.1 Å². The number of aliphatic hydroxyl groups is 1. The van der Waals surface area contributed by atoms with Crippen LogP contribution < -0.4 is 9.47 Å². The van der Waals surface area contributed by atoms with Crippen LogP contribution in [-0.4, -0.2) is 43.9 Å². The smallest absolute Gasteiger partial charge is 0.177 e. The molecule has 0 fully saturated rings. The molecule has 1 aromatic rings. The minimum Gasteiger partial charge on any atom is -0.497 e. The van der Waals surface area contributed by atoms with Gasteiger partial charge >= 0.3 is 0 Å².